The monoisotopic (exact) mass is 320 g/mol. The van der Waals surface area contributed by atoms with Gasteiger partial charge >= 0.3 is 0 Å². The molecule has 0 spiro atoms. The minimum atomic E-state index is -0.178. The van der Waals surface area contributed by atoms with Crippen molar-refractivity contribution >= 4 is 16.7 Å². The Morgan fingerprint density at radius 2 is 1.96 bits per heavy atom. The molecule has 0 bridgehead atoms. The molecule has 0 saturated carbocycles. The van der Waals surface area contributed by atoms with Crippen molar-refractivity contribution in [1.29, 1.82) is 0 Å². The molecule has 0 fully saturated rings. The van der Waals surface area contributed by atoms with E-state index in [4.69, 9.17) is 9.15 Å². The van der Waals surface area contributed by atoms with Crippen molar-refractivity contribution in [3.63, 3.8) is 0 Å². The summed E-state index contributed by atoms with van der Waals surface area (Å²) in [5, 5.41) is 4.98. The van der Waals surface area contributed by atoms with Gasteiger partial charge in [-0.1, -0.05) is 12.1 Å². The highest BCUT2D eigenvalue weighted by atomic mass is 16.5. The molecule has 2 heterocycles. The number of para-hydroxylation sites is 1. The van der Waals surface area contributed by atoms with Gasteiger partial charge in [-0.2, -0.15) is 5.10 Å². The van der Waals surface area contributed by atoms with E-state index in [1.807, 2.05) is 36.4 Å². The fourth-order valence-electron chi connectivity index (χ4n) is 2.92. The van der Waals surface area contributed by atoms with Crippen LogP contribution in [-0.2, 0) is 0 Å². The molecule has 1 aliphatic rings. The number of hydrogen-bond acceptors (Lipinski definition) is 5. The van der Waals surface area contributed by atoms with Crippen molar-refractivity contribution in [1.82, 2.24) is 5.43 Å². The SMILES string of the molecule is COc1ccc(C2=NN[C@H](c3coc4ccccc4c3=O)C2)cc1. The van der Waals surface area contributed by atoms with Crippen LogP contribution in [0.15, 0.2) is 69.1 Å². The summed E-state index contributed by atoms with van der Waals surface area (Å²) >= 11 is 0. The van der Waals surface area contributed by atoms with E-state index in [-0.39, 0.29) is 11.5 Å². The fraction of sp³-hybridized carbons (Fsp3) is 0.158. The lowest BCUT2D eigenvalue weighted by molar-refractivity contribution is 0.415. The predicted octanol–water partition coefficient (Wildman–Crippen LogP) is 3.24. The standard InChI is InChI=1S/C19H16N2O3/c1-23-13-8-6-12(7-9-13)16-10-17(21-20-16)15-11-24-18-5-3-2-4-14(18)19(15)22/h2-9,11,17,21H,10H2,1H3/t17-/m0/s1. The number of nitrogens with zero attached hydrogens (tertiary/aromatic N) is 1. The van der Waals surface area contributed by atoms with Crippen molar-refractivity contribution in [3.8, 4) is 5.75 Å². The van der Waals surface area contributed by atoms with Crippen molar-refractivity contribution < 1.29 is 9.15 Å². The third-order valence-electron chi connectivity index (χ3n) is 4.26. The maximum atomic E-state index is 12.7. The van der Waals surface area contributed by atoms with Crippen LogP contribution in [0, 0.1) is 0 Å². The van der Waals surface area contributed by atoms with E-state index in [1.165, 1.54) is 6.26 Å². The molecule has 2 aromatic carbocycles. The van der Waals surface area contributed by atoms with Gasteiger partial charge in [-0.05, 0) is 42.0 Å². The van der Waals surface area contributed by atoms with Gasteiger partial charge in [0.05, 0.1) is 29.8 Å². The van der Waals surface area contributed by atoms with Gasteiger partial charge in [0.15, 0.2) is 5.43 Å². The Hall–Kier alpha value is -3.08. The topological polar surface area (TPSA) is 63.8 Å². The molecule has 0 amide bonds. The van der Waals surface area contributed by atoms with E-state index < -0.39 is 0 Å². The number of hydrogen-bond donors (Lipinski definition) is 1. The minimum absolute atomic E-state index is 0.0134. The number of hydrazone groups is 1. The quantitative estimate of drug-likeness (QED) is 0.804. The Morgan fingerprint density at radius 1 is 1.17 bits per heavy atom. The summed E-state index contributed by atoms with van der Waals surface area (Å²) in [6.45, 7) is 0. The number of benzene rings is 2. The number of fused-ring (bicyclic) bond motifs is 1. The van der Waals surface area contributed by atoms with Gasteiger partial charge in [-0.25, -0.2) is 0 Å². The lowest BCUT2D eigenvalue weighted by atomic mass is 9.99. The summed E-state index contributed by atoms with van der Waals surface area (Å²) in [6, 6.07) is 14.8. The molecule has 3 aromatic rings. The highest BCUT2D eigenvalue weighted by Gasteiger charge is 2.24. The first-order chi connectivity index (χ1) is 11.8. The molecule has 24 heavy (non-hydrogen) atoms. The Balaban J connectivity index is 1.62. The first kappa shape index (κ1) is 14.5. The molecule has 1 atom stereocenters. The number of ether oxygens (including phenoxy) is 1. The molecule has 0 saturated heterocycles. The summed E-state index contributed by atoms with van der Waals surface area (Å²) < 4.78 is 10.8. The summed E-state index contributed by atoms with van der Waals surface area (Å²) in [5.41, 5.74) is 6.16. The maximum Gasteiger partial charge on any atom is 0.198 e. The second kappa shape index (κ2) is 5.85. The number of methoxy groups -OCH3 is 1. The van der Waals surface area contributed by atoms with Crippen molar-refractivity contribution in [2.45, 2.75) is 12.5 Å². The predicted molar refractivity (Wildman–Crippen MR) is 92.5 cm³/mol. The lowest BCUT2D eigenvalue weighted by Gasteiger charge is -2.09. The Kier molecular flexibility index (Phi) is 3.54. The molecule has 1 N–H and O–H groups in total. The molecule has 5 nitrogen and oxygen atoms in total. The van der Waals surface area contributed by atoms with Crippen LogP contribution in [0.2, 0.25) is 0 Å². The van der Waals surface area contributed by atoms with Crippen LogP contribution < -0.4 is 15.6 Å². The summed E-state index contributed by atoms with van der Waals surface area (Å²) in [6.07, 6.45) is 2.17. The van der Waals surface area contributed by atoms with Crippen molar-refractivity contribution in [2.24, 2.45) is 5.10 Å². The second-order valence-corrected chi connectivity index (χ2v) is 5.69. The third-order valence-corrected chi connectivity index (χ3v) is 4.26. The summed E-state index contributed by atoms with van der Waals surface area (Å²) in [5.74, 6) is 0.803. The molecule has 4 rings (SSSR count). The zero-order valence-electron chi connectivity index (χ0n) is 13.2. The minimum Gasteiger partial charge on any atom is -0.497 e. The molecule has 0 radical (unpaired) electrons. The van der Waals surface area contributed by atoms with Gasteiger partial charge in [-0.3, -0.25) is 4.79 Å². The fourth-order valence-corrected chi connectivity index (χ4v) is 2.92. The Bertz CT molecular complexity index is 974. The molecule has 1 aromatic heterocycles. The number of rotatable bonds is 3. The van der Waals surface area contributed by atoms with Crippen molar-refractivity contribution in [2.75, 3.05) is 7.11 Å². The molecule has 5 heteroatoms. The molecular weight excluding hydrogens is 304 g/mol. The van der Waals surface area contributed by atoms with Crippen molar-refractivity contribution in [3.05, 3.63) is 76.1 Å². The maximum absolute atomic E-state index is 12.7. The first-order valence-corrected chi connectivity index (χ1v) is 7.73. The van der Waals surface area contributed by atoms with Gasteiger partial charge < -0.3 is 14.6 Å². The van der Waals surface area contributed by atoms with Gasteiger partial charge in [0, 0.05) is 6.42 Å². The van der Waals surface area contributed by atoms with Crippen LogP contribution in [-0.4, -0.2) is 12.8 Å². The van der Waals surface area contributed by atoms with Crippen LogP contribution in [0.4, 0.5) is 0 Å². The van der Waals surface area contributed by atoms with Crippen LogP contribution >= 0.6 is 0 Å². The first-order valence-electron chi connectivity index (χ1n) is 7.73. The van der Waals surface area contributed by atoms with E-state index in [9.17, 15) is 4.79 Å². The normalized spacial score (nSPS) is 16.7. The molecule has 120 valence electrons. The Morgan fingerprint density at radius 3 is 2.75 bits per heavy atom. The van der Waals surface area contributed by atoms with E-state index >= 15 is 0 Å². The molecule has 0 aliphatic carbocycles. The average molecular weight is 320 g/mol. The summed E-state index contributed by atoms with van der Waals surface area (Å²) in [4.78, 5) is 12.7. The highest BCUT2D eigenvalue weighted by Crippen LogP contribution is 2.25. The second-order valence-electron chi connectivity index (χ2n) is 5.69. The third kappa shape index (κ3) is 2.44. The van der Waals surface area contributed by atoms with E-state index in [1.54, 1.807) is 19.2 Å². The van der Waals surface area contributed by atoms with Gasteiger partial charge in [0.1, 0.15) is 17.6 Å². The smallest absolute Gasteiger partial charge is 0.198 e. The Labute approximate surface area is 138 Å². The van der Waals surface area contributed by atoms with Crippen LogP contribution in [0.3, 0.4) is 0 Å². The zero-order valence-corrected chi connectivity index (χ0v) is 13.2. The average Bonchev–Trinajstić information content (AvgIpc) is 3.12. The largest absolute Gasteiger partial charge is 0.497 e. The summed E-state index contributed by atoms with van der Waals surface area (Å²) in [7, 11) is 1.64. The van der Waals surface area contributed by atoms with Gasteiger partial charge in [0.25, 0.3) is 0 Å². The molecule has 0 unspecified atom stereocenters. The molecule has 1 aliphatic heterocycles. The van der Waals surface area contributed by atoms with E-state index in [0.29, 0.717) is 23.0 Å². The number of nitrogens with one attached hydrogen (secondary N) is 1. The molecular formula is C19H16N2O3. The van der Waals surface area contributed by atoms with Crippen LogP contribution in [0.5, 0.6) is 5.75 Å². The highest BCUT2D eigenvalue weighted by molar-refractivity contribution is 6.01. The van der Waals surface area contributed by atoms with E-state index in [0.717, 1.165) is 17.0 Å². The van der Waals surface area contributed by atoms with Crippen LogP contribution in [0.1, 0.15) is 23.6 Å². The lowest BCUT2D eigenvalue weighted by Crippen LogP contribution is -2.19. The van der Waals surface area contributed by atoms with Gasteiger partial charge in [-0.15, -0.1) is 0 Å². The van der Waals surface area contributed by atoms with Gasteiger partial charge in [0.2, 0.25) is 0 Å². The zero-order chi connectivity index (χ0) is 16.5. The van der Waals surface area contributed by atoms with E-state index in [2.05, 4.69) is 10.5 Å². The van der Waals surface area contributed by atoms with Crippen LogP contribution in [0.25, 0.3) is 11.0 Å².